The minimum atomic E-state index is -0.819. The number of anilines is 1. The number of benzene rings is 2. The van der Waals surface area contributed by atoms with Crippen molar-refractivity contribution in [2.45, 2.75) is 26.2 Å². The molecule has 0 spiro atoms. The van der Waals surface area contributed by atoms with Crippen LogP contribution in [0.4, 0.5) is 5.13 Å². The summed E-state index contributed by atoms with van der Waals surface area (Å²) in [5, 5.41) is 14.8. The van der Waals surface area contributed by atoms with Gasteiger partial charge in [-0.15, -0.1) is 21.5 Å². The molecule has 3 aromatic rings. The summed E-state index contributed by atoms with van der Waals surface area (Å²) in [5.74, 6) is 0.251. The van der Waals surface area contributed by atoms with Gasteiger partial charge in [0.25, 0.3) is 5.09 Å². The van der Waals surface area contributed by atoms with Gasteiger partial charge in [-0.05, 0) is 42.3 Å². The minimum absolute atomic E-state index is 0.0400. The summed E-state index contributed by atoms with van der Waals surface area (Å²) in [6.45, 7) is 3.60. The van der Waals surface area contributed by atoms with E-state index in [1.165, 1.54) is 11.3 Å². The molecule has 1 amide bonds. The van der Waals surface area contributed by atoms with E-state index in [1.54, 1.807) is 14.0 Å². The van der Waals surface area contributed by atoms with E-state index in [9.17, 15) is 14.9 Å². The van der Waals surface area contributed by atoms with Gasteiger partial charge in [0.05, 0.1) is 18.7 Å². The van der Waals surface area contributed by atoms with Crippen LogP contribution in [-0.2, 0) is 16.1 Å². The fraction of sp³-hybridized carbons (Fsp3) is 0.300. The fourth-order valence-electron chi connectivity index (χ4n) is 2.93. The van der Waals surface area contributed by atoms with E-state index >= 15 is 0 Å². The van der Waals surface area contributed by atoms with E-state index in [0.717, 1.165) is 32.7 Å². The van der Waals surface area contributed by atoms with Gasteiger partial charge in [-0.3, -0.25) is 4.79 Å². The summed E-state index contributed by atoms with van der Waals surface area (Å²) < 4.78 is 5.24. The highest BCUT2D eigenvalue weighted by molar-refractivity contribution is 7.15. The number of hydrogen-bond acceptors (Lipinski definition) is 7. The van der Waals surface area contributed by atoms with Gasteiger partial charge in [-0.2, -0.15) is 0 Å². The number of hydrogen-bond donors (Lipinski definition) is 1. The molecule has 1 heterocycles. The van der Waals surface area contributed by atoms with E-state index in [0.29, 0.717) is 11.6 Å². The van der Waals surface area contributed by atoms with Crippen LogP contribution >= 0.6 is 11.3 Å². The van der Waals surface area contributed by atoms with Crippen LogP contribution < -0.4 is 10.1 Å². The lowest BCUT2D eigenvalue weighted by Crippen LogP contribution is -2.18. The molecule has 0 aliphatic heterocycles. The summed E-state index contributed by atoms with van der Waals surface area (Å²) in [4.78, 5) is 32.5. The summed E-state index contributed by atoms with van der Waals surface area (Å²) in [6, 6.07) is 11.7. The largest absolute Gasteiger partial charge is 0.497 e. The van der Waals surface area contributed by atoms with E-state index in [1.807, 2.05) is 43.3 Å². The van der Waals surface area contributed by atoms with Crippen molar-refractivity contribution < 1.29 is 19.5 Å². The van der Waals surface area contributed by atoms with Gasteiger partial charge in [0.1, 0.15) is 12.4 Å². The average Bonchev–Trinajstić information content (AvgIpc) is 3.05. The average molecular weight is 415 g/mol. The van der Waals surface area contributed by atoms with Gasteiger partial charge in [0.15, 0.2) is 5.13 Å². The lowest BCUT2D eigenvalue weighted by atomic mass is 9.97. The maximum Gasteiger partial charge on any atom is 0.294 e. The summed E-state index contributed by atoms with van der Waals surface area (Å²) in [7, 11) is 1.63. The third-order valence-corrected chi connectivity index (χ3v) is 5.75. The third-order valence-electron chi connectivity index (χ3n) is 4.61. The number of nitrogens with zero attached hydrogens (tertiary/aromatic N) is 2. The number of aromatic nitrogens is 1. The molecule has 152 valence electrons. The molecule has 0 bridgehead atoms. The van der Waals surface area contributed by atoms with Crippen molar-refractivity contribution in [2.75, 3.05) is 19.0 Å². The number of carbonyl (C=O) groups is 1. The number of thiazole rings is 1. The van der Waals surface area contributed by atoms with Crippen LogP contribution in [0.15, 0.2) is 36.4 Å². The second-order valence-electron chi connectivity index (χ2n) is 6.52. The third kappa shape index (κ3) is 5.00. The van der Waals surface area contributed by atoms with Crippen molar-refractivity contribution >= 4 is 33.1 Å². The SMILES string of the molecule is COc1ccc2cc([C@H](C)C(=O)Nc3nc(C)c(CCO[N+](=O)[O-])s3)ccc2c1. The van der Waals surface area contributed by atoms with Gasteiger partial charge in [0.2, 0.25) is 5.91 Å². The molecule has 0 aliphatic rings. The molecule has 9 heteroatoms. The predicted octanol–water partition coefficient (Wildman–Crippen LogP) is 4.11. The van der Waals surface area contributed by atoms with Crippen molar-refractivity contribution in [1.82, 2.24) is 4.98 Å². The second-order valence-corrected chi connectivity index (χ2v) is 7.60. The monoisotopic (exact) mass is 415 g/mol. The summed E-state index contributed by atoms with van der Waals surface area (Å²) in [5.41, 5.74) is 1.62. The van der Waals surface area contributed by atoms with Crippen LogP contribution in [0.3, 0.4) is 0 Å². The highest BCUT2D eigenvalue weighted by Gasteiger charge is 2.18. The molecule has 0 fully saturated rings. The lowest BCUT2D eigenvalue weighted by molar-refractivity contribution is -0.757. The number of rotatable bonds is 8. The van der Waals surface area contributed by atoms with Crippen LogP contribution in [0.5, 0.6) is 5.75 Å². The number of nitrogens with one attached hydrogen (secondary N) is 1. The Labute approximate surface area is 171 Å². The number of fused-ring (bicyclic) bond motifs is 1. The minimum Gasteiger partial charge on any atom is -0.497 e. The highest BCUT2D eigenvalue weighted by atomic mass is 32.1. The predicted molar refractivity (Wildman–Crippen MR) is 111 cm³/mol. The molecule has 1 aromatic heterocycles. The first-order valence-electron chi connectivity index (χ1n) is 8.99. The van der Waals surface area contributed by atoms with Gasteiger partial charge < -0.3 is 14.9 Å². The molecule has 0 aliphatic carbocycles. The molecule has 0 saturated carbocycles. The van der Waals surface area contributed by atoms with Crippen molar-refractivity contribution in [1.29, 1.82) is 0 Å². The molecular weight excluding hydrogens is 394 g/mol. The maximum absolute atomic E-state index is 12.7. The Kier molecular flexibility index (Phi) is 6.28. The number of amides is 1. The summed E-state index contributed by atoms with van der Waals surface area (Å²) in [6.07, 6.45) is 0.365. The van der Waals surface area contributed by atoms with E-state index in [2.05, 4.69) is 15.1 Å². The molecule has 1 atom stereocenters. The van der Waals surface area contributed by atoms with E-state index in [4.69, 9.17) is 4.74 Å². The smallest absolute Gasteiger partial charge is 0.294 e. The number of carbonyl (C=O) groups excluding carboxylic acids is 1. The van der Waals surface area contributed by atoms with Crippen molar-refractivity contribution in [2.24, 2.45) is 0 Å². The van der Waals surface area contributed by atoms with E-state index < -0.39 is 5.09 Å². The number of methoxy groups -OCH3 is 1. The first-order chi connectivity index (χ1) is 13.9. The van der Waals surface area contributed by atoms with Crippen LogP contribution in [0.2, 0.25) is 0 Å². The molecule has 3 rings (SSSR count). The van der Waals surface area contributed by atoms with Gasteiger partial charge in [0, 0.05) is 11.3 Å². The van der Waals surface area contributed by atoms with Gasteiger partial charge in [-0.25, -0.2) is 4.98 Å². The molecule has 8 nitrogen and oxygen atoms in total. The molecule has 0 radical (unpaired) electrons. The van der Waals surface area contributed by atoms with E-state index in [-0.39, 0.29) is 18.4 Å². The molecule has 0 unspecified atom stereocenters. The van der Waals surface area contributed by atoms with Crippen molar-refractivity contribution in [3.63, 3.8) is 0 Å². The van der Waals surface area contributed by atoms with Crippen LogP contribution in [0.1, 0.15) is 29.0 Å². The van der Waals surface area contributed by atoms with Gasteiger partial charge in [-0.1, -0.05) is 24.3 Å². The van der Waals surface area contributed by atoms with Crippen LogP contribution in [-0.4, -0.2) is 29.7 Å². The normalized spacial score (nSPS) is 11.8. The molecule has 2 aromatic carbocycles. The Hall–Kier alpha value is -3.20. The van der Waals surface area contributed by atoms with Crippen LogP contribution in [0, 0.1) is 17.0 Å². The molecule has 1 N–H and O–H groups in total. The summed E-state index contributed by atoms with van der Waals surface area (Å²) >= 11 is 1.30. The molecule has 0 saturated heterocycles. The molecular formula is C20H21N3O5S. The zero-order valence-corrected chi connectivity index (χ0v) is 17.1. The Morgan fingerprint density at radius 3 is 2.72 bits per heavy atom. The highest BCUT2D eigenvalue weighted by Crippen LogP contribution is 2.27. The Balaban J connectivity index is 1.69. The quantitative estimate of drug-likeness (QED) is 0.439. The second kappa shape index (κ2) is 8.87. The number of ether oxygens (including phenoxy) is 1. The lowest BCUT2D eigenvalue weighted by Gasteiger charge is -2.12. The number of aryl methyl sites for hydroxylation is 1. The fourth-order valence-corrected chi connectivity index (χ4v) is 3.88. The zero-order valence-electron chi connectivity index (χ0n) is 16.3. The first kappa shape index (κ1) is 20.5. The Morgan fingerprint density at radius 2 is 2.00 bits per heavy atom. The standard InChI is InChI=1S/C20H21N3O5S/c1-12(14-4-5-16-11-17(27-3)7-6-15(16)10-14)19(24)22-20-21-13(2)18(29-20)8-9-28-23(25)26/h4-7,10-12H,8-9H2,1-3H3,(H,21,22,24)/t12-/m0/s1. The van der Waals surface area contributed by atoms with Gasteiger partial charge >= 0.3 is 0 Å². The van der Waals surface area contributed by atoms with Crippen LogP contribution in [0.25, 0.3) is 10.8 Å². The van der Waals surface area contributed by atoms with Crippen molar-refractivity contribution in [3.05, 3.63) is 62.6 Å². The maximum atomic E-state index is 12.7. The Morgan fingerprint density at radius 1 is 1.28 bits per heavy atom. The Bertz CT molecular complexity index is 1050. The molecule has 29 heavy (non-hydrogen) atoms. The zero-order chi connectivity index (χ0) is 21.0. The topological polar surface area (TPSA) is 104 Å². The first-order valence-corrected chi connectivity index (χ1v) is 9.81. The van der Waals surface area contributed by atoms with Crippen molar-refractivity contribution in [3.8, 4) is 5.75 Å².